The number of aromatic hydroxyl groups is 2. The third-order valence-electron chi connectivity index (χ3n) is 3.88. The van der Waals surface area contributed by atoms with E-state index >= 15 is 0 Å². The van der Waals surface area contributed by atoms with Gasteiger partial charge in [-0.3, -0.25) is 9.79 Å². The van der Waals surface area contributed by atoms with Gasteiger partial charge in [-0.25, -0.2) is 4.79 Å². The summed E-state index contributed by atoms with van der Waals surface area (Å²) >= 11 is 0. The van der Waals surface area contributed by atoms with E-state index in [1.54, 1.807) is 13.8 Å². The topological polar surface area (TPSA) is 100 Å². The second-order valence-electron chi connectivity index (χ2n) is 5.67. The summed E-state index contributed by atoms with van der Waals surface area (Å²) in [5.74, 6) is -1.97. The lowest BCUT2D eigenvalue weighted by Crippen LogP contribution is -2.17. The molecule has 0 saturated carbocycles. The average Bonchev–Trinajstić information content (AvgIpc) is 2.58. The highest BCUT2D eigenvalue weighted by Gasteiger charge is 2.25. The van der Waals surface area contributed by atoms with Crippen LogP contribution in [0.3, 0.4) is 0 Å². The van der Waals surface area contributed by atoms with Crippen LogP contribution < -0.4 is 5.63 Å². The summed E-state index contributed by atoms with van der Waals surface area (Å²) in [5, 5.41) is 20.1. The van der Waals surface area contributed by atoms with Gasteiger partial charge in [-0.15, -0.1) is 0 Å². The van der Waals surface area contributed by atoms with Gasteiger partial charge in [0.05, 0.1) is 12.3 Å². The van der Waals surface area contributed by atoms with Crippen molar-refractivity contribution in [2.24, 2.45) is 4.99 Å². The van der Waals surface area contributed by atoms with Crippen LogP contribution in [0.1, 0.15) is 53.7 Å². The summed E-state index contributed by atoms with van der Waals surface area (Å²) < 4.78 is 4.73. The molecule has 0 saturated heterocycles. The van der Waals surface area contributed by atoms with Crippen LogP contribution in [0.2, 0.25) is 0 Å². The molecule has 25 heavy (non-hydrogen) atoms. The molecule has 2 N–H and O–H groups in total. The molecule has 132 valence electrons. The highest BCUT2D eigenvalue weighted by Crippen LogP contribution is 2.30. The Bertz CT molecular complexity index is 863. The van der Waals surface area contributed by atoms with Crippen LogP contribution in [-0.4, -0.2) is 21.7 Å². The molecular weight excluding hydrogens is 322 g/mol. The Kier molecular flexibility index (Phi) is 5.75. The Morgan fingerprint density at radius 2 is 1.72 bits per heavy atom. The van der Waals surface area contributed by atoms with Crippen LogP contribution in [0.25, 0.3) is 0 Å². The Balaban J connectivity index is 2.49. The number of carbonyl (C=O) groups excluding carboxylic acids is 1. The average molecular weight is 343 g/mol. The van der Waals surface area contributed by atoms with Gasteiger partial charge >= 0.3 is 5.63 Å². The van der Waals surface area contributed by atoms with Gasteiger partial charge in [0, 0.05) is 6.42 Å². The van der Waals surface area contributed by atoms with Crippen molar-refractivity contribution in [1.29, 1.82) is 0 Å². The lowest BCUT2D eigenvalue weighted by Gasteiger charge is -2.10. The Morgan fingerprint density at radius 3 is 2.28 bits per heavy atom. The molecule has 1 aromatic heterocycles. The monoisotopic (exact) mass is 343 g/mol. The Morgan fingerprint density at radius 1 is 1.08 bits per heavy atom. The van der Waals surface area contributed by atoms with Gasteiger partial charge in [0.15, 0.2) is 5.78 Å². The van der Waals surface area contributed by atoms with Crippen molar-refractivity contribution in [3.05, 3.63) is 56.9 Å². The van der Waals surface area contributed by atoms with E-state index in [1.807, 2.05) is 31.2 Å². The van der Waals surface area contributed by atoms with Gasteiger partial charge in [-0.2, -0.15) is 0 Å². The molecule has 0 fully saturated rings. The summed E-state index contributed by atoms with van der Waals surface area (Å²) in [6.07, 6.45) is 0.408. The third-order valence-corrected chi connectivity index (χ3v) is 3.88. The third kappa shape index (κ3) is 3.96. The maximum absolute atomic E-state index is 12.1. The second-order valence-corrected chi connectivity index (χ2v) is 5.67. The zero-order valence-corrected chi connectivity index (χ0v) is 14.5. The molecule has 0 aliphatic carbocycles. The number of nitrogens with zero attached hydrogens (tertiary/aromatic N) is 1. The molecule has 1 heterocycles. The van der Waals surface area contributed by atoms with Crippen molar-refractivity contribution in [3.63, 3.8) is 0 Å². The van der Waals surface area contributed by atoms with Crippen molar-refractivity contribution < 1.29 is 19.4 Å². The molecule has 0 bridgehead atoms. The largest absolute Gasteiger partial charge is 0.506 e. The summed E-state index contributed by atoms with van der Waals surface area (Å²) in [7, 11) is 0. The fourth-order valence-corrected chi connectivity index (χ4v) is 2.44. The molecule has 0 amide bonds. The number of hydrogen-bond acceptors (Lipinski definition) is 6. The molecule has 0 radical (unpaired) electrons. The summed E-state index contributed by atoms with van der Waals surface area (Å²) in [4.78, 5) is 28.4. The lowest BCUT2D eigenvalue weighted by atomic mass is 10.0. The maximum atomic E-state index is 12.1. The first-order chi connectivity index (χ1) is 11.9. The van der Waals surface area contributed by atoms with Crippen molar-refractivity contribution in [1.82, 2.24) is 0 Å². The van der Waals surface area contributed by atoms with E-state index < -0.39 is 23.1 Å². The second kappa shape index (κ2) is 7.79. The SMILES string of the molecule is CCC(=O)c1c(O)oc(=O)c(C(CC)=NCc2ccc(C)cc2)c1O. The molecule has 2 aromatic rings. The van der Waals surface area contributed by atoms with Gasteiger partial charge < -0.3 is 14.6 Å². The van der Waals surface area contributed by atoms with Crippen LogP contribution in [0, 0.1) is 6.92 Å². The highest BCUT2D eigenvalue weighted by molar-refractivity contribution is 6.07. The molecule has 6 nitrogen and oxygen atoms in total. The highest BCUT2D eigenvalue weighted by atomic mass is 16.5. The van der Waals surface area contributed by atoms with Gasteiger partial charge in [-0.05, 0) is 18.9 Å². The van der Waals surface area contributed by atoms with Crippen molar-refractivity contribution in [2.45, 2.75) is 40.2 Å². The zero-order chi connectivity index (χ0) is 18.6. The van der Waals surface area contributed by atoms with E-state index in [1.165, 1.54) is 0 Å². The van der Waals surface area contributed by atoms with Crippen molar-refractivity contribution in [3.8, 4) is 11.7 Å². The standard InChI is InChI=1S/C19H21NO5/c1-4-13(20-10-12-8-6-11(3)7-9-12)15-17(22)16(14(21)5-2)19(24)25-18(15)23/h6-9,22,24H,4-5,10H2,1-3H3. The number of aryl methyl sites for hydroxylation is 1. The number of rotatable bonds is 6. The molecule has 0 atom stereocenters. The van der Waals surface area contributed by atoms with Gasteiger partial charge in [0.25, 0.3) is 5.95 Å². The first kappa shape index (κ1) is 18.4. The molecule has 0 unspecified atom stereocenters. The minimum Gasteiger partial charge on any atom is -0.506 e. The summed E-state index contributed by atoms with van der Waals surface area (Å²) in [5.41, 5.74) is 0.911. The summed E-state index contributed by atoms with van der Waals surface area (Å²) in [6.45, 7) is 5.66. The fourth-order valence-electron chi connectivity index (χ4n) is 2.44. The van der Waals surface area contributed by atoms with E-state index in [-0.39, 0.29) is 17.5 Å². The number of ketones is 1. The molecular formula is C19H21NO5. The number of hydrogen-bond donors (Lipinski definition) is 2. The fraction of sp³-hybridized carbons (Fsp3) is 0.316. The van der Waals surface area contributed by atoms with Crippen LogP contribution in [0.5, 0.6) is 11.7 Å². The van der Waals surface area contributed by atoms with Crippen molar-refractivity contribution >= 4 is 11.5 Å². The lowest BCUT2D eigenvalue weighted by molar-refractivity contribution is 0.0976. The van der Waals surface area contributed by atoms with Crippen LogP contribution in [-0.2, 0) is 6.54 Å². The van der Waals surface area contributed by atoms with Gasteiger partial charge in [0.2, 0.25) is 0 Å². The molecule has 0 spiro atoms. The predicted molar refractivity (Wildman–Crippen MR) is 94.6 cm³/mol. The van der Waals surface area contributed by atoms with Gasteiger partial charge in [-0.1, -0.05) is 43.7 Å². The van der Waals surface area contributed by atoms with Crippen LogP contribution >= 0.6 is 0 Å². The van der Waals surface area contributed by atoms with E-state index in [0.717, 1.165) is 11.1 Å². The predicted octanol–water partition coefficient (Wildman–Crippen LogP) is 3.35. The maximum Gasteiger partial charge on any atom is 0.351 e. The van der Waals surface area contributed by atoms with E-state index in [9.17, 15) is 19.8 Å². The molecule has 0 aliphatic rings. The number of aliphatic imine (C=N–C) groups is 1. The molecule has 6 heteroatoms. The first-order valence-electron chi connectivity index (χ1n) is 8.10. The van der Waals surface area contributed by atoms with Crippen molar-refractivity contribution in [2.75, 3.05) is 0 Å². The number of benzene rings is 1. The number of carbonyl (C=O) groups is 1. The van der Waals surface area contributed by atoms with E-state index in [0.29, 0.717) is 18.7 Å². The van der Waals surface area contributed by atoms with E-state index in [4.69, 9.17) is 4.42 Å². The summed E-state index contributed by atoms with van der Waals surface area (Å²) in [6, 6.07) is 7.77. The zero-order valence-electron chi connectivity index (χ0n) is 14.5. The number of Topliss-reactive ketones (excluding diaryl/α,β-unsaturated/α-hetero) is 1. The molecule has 0 aliphatic heterocycles. The quantitative estimate of drug-likeness (QED) is 0.619. The Hall–Kier alpha value is -2.89. The molecule has 2 rings (SSSR count). The minimum absolute atomic E-state index is 0.0518. The van der Waals surface area contributed by atoms with E-state index in [2.05, 4.69) is 4.99 Å². The Labute approximate surface area is 145 Å². The first-order valence-corrected chi connectivity index (χ1v) is 8.10. The van der Waals surface area contributed by atoms with Crippen LogP contribution in [0.4, 0.5) is 0 Å². The van der Waals surface area contributed by atoms with Crippen LogP contribution in [0.15, 0.2) is 38.5 Å². The molecule has 1 aromatic carbocycles. The van der Waals surface area contributed by atoms with Gasteiger partial charge in [0.1, 0.15) is 16.9 Å². The minimum atomic E-state index is -0.924. The normalized spacial score (nSPS) is 11.6. The smallest absolute Gasteiger partial charge is 0.351 e.